The van der Waals surface area contributed by atoms with Crippen molar-refractivity contribution < 1.29 is 38.6 Å². The van der Waals surface area contributed by atoms with E-state index in [0.717, 1.165) is 5.57 Å². The number of rotatable bonds is 9. The Balaban J connectivity index is 1.76. The smallest absolute Gasteiger partial charge is 0.469 e. The number of hydrogen-bond acceptors (Lipinski definition) is 6. The first-order chi connectivity index (χ1) is 12.1. The second-order valence-corrected chi connectivity index (χ2v) is 7.74. The van der Waals surface area contributed by atoms with E-state index < -0.39 is 19.5 Å². The van der Waals surface area contributed by atoms with Crippen LogP contribution in [0.2, 0.25) is 0 Å². The zero-order valence-corrected chi connectivity index (χ0v) is 15.2. The Morgan fingerprint density at radius 3 is 2.81 bits per heavy atom. The highest BCUT2D eigenvalue weighted by atomic mass is 31.2. The summed E-state index contributed by atoms with van der Waals surface area (Å²) in [5.41, 5.74) is 0.831. The summed E-state index contributed by atoms with van der Waals surface area (Å²) < 4.78 is 27.9. The fourth-order valence-electron chi connectivity index (χ4n) is 3.29. The van der Waals surface area contributed by atoms with Crippen molar-refractivity contribution in [3.8, 4) is 11.8 Å². The number of aromatic hydroxyl groups is 2. The lowest BCUT2D eigenvalue weighted by Gasteiger charge is -2.24. The second kappa shape index (κ2) is 6.84. The number of hydrogen-bond donors (Lipinski definition) is 4. The van der Waals surface area contributed by atoms with Crippen molar-refractivity contribution in [1.82, 2.24) is 4.57 Å². The third kappa shape index (κ3) is 3.46. The van der Waals surface area contributed by atoms with Gasteiger partial charge in [0.05, 0.1) is 30.9 Å². The molecule has 2 aliphatic rings. The molecule has 3 rings (SSSR count). The van der Waals surface area contributed by atoms with E-state index in [0.29, 0.717) is 17.7 Å². The van der Waals surface area contributed by atoms with Crippen molar-refractivity contribution in [2.24, 2.45) is 0 Å². The van der Waals surface area contributed by atoms with E-state index in [1.807, 2.05) is 6.92 Å². The van der Waals surface area contributed by atoms with Crippen LogP contribution in [0.25, 0.3) is 0 Å². The van der Waals surface area contributed by atoms with Crippen LogP contribution >= 0.6 is 7.82 Å². The molecule has 2 unspecified atom stereocenters. The first kappa shape index (κ1) is 19.2. The molecule has 144 valence electrons. The second-order valence-electron chi connectivity index (χ2n) is 6.50. The van der Waals surface area contributed by atoms with Crippen LogP contribution in [-0.2, 0) is 30.7 Å². The van der Waals surface area contributed by atoms with Gasteiger partial charge < -0.3 is 29.5 Å². The maximum atomic E-state index is 10.7. The molecule has 0 saturated carbocycles. The summed E-state index contributed by atoms with van der Waals surface area (Å²) in [6.45, 7) is 6.04. The molecule has 26 heavy (non-hydrogen) atoms. The molecule has 0 amide bonds. The Morgan fingerprint density at radius 1 is 1.42 bits per heavy atom. The van der Waals surface area contributed by atoms with Crippen molar-refractivity contribution in [2.75, 3.05) is 19.8 Å². The van der Waals surface area contributed by atoms with E-state index in [-0.39, 0.29) is 37.9 Å². The fraction of sp³-hybridized carbons (Fsp3) is 0.500. The van der Waals surface area contributed by atoms with Crippen molar-refractivity contribution >= 4 is 7.82 Å². The maximum absolute atomic E-state index is 10.7. The highest BCUT2D eigenvalue weighted by molar-refractivity contribution is 7.46. The Hall–Kier alpha value is -1.61. The summed E-state index contributed by atoms with van der Waals surface area (Å²) in [6.07, 6.45) is 3.32. The molecule has 10 heteroatoms. The summed E-state index contributed by atoms with van der Waals surface area (Å²) >= 11 is 0. The van der Waals surface area contributed by atoms with Gasteiger partial charge in [0.15, 0.2) is 0 Å². The van der Waals surface area contributed by atoms with E-state index >= 15 is 0 Å². The molecule has 0 radical (unpaired) electrons. The Kier molecular flexibility index (Phi) is 5.04. The molecule has 4 N–H and O–H groups in total. The maximum Gasteiger partial charge on any atom is 0.469 e. The predicted molar refractivity (Wildman–Crippen MR) is 90.7 cm³/mol. The standard InChI is InChI=1S/C16H22NO8P/c1-10(2)8-23-9-16-5-4-11(25-16)12-13(16)15(19)17(14(12)18)6-3-7-24-26(20,21)22/h4-5,11,18-19H,1,3,6-9H2,2H3,(H2,20,21,22). The molecule has 2 atom stereocenters. The van der Waals surface area contributed by atoms with Gasteiger partial charge in [0, 0.05) is 6.54 Å². The van der Waals surface area contributed by atoms with Crippen LogP contribution < -0.4 is 0 Å². The molecule has 0 spiro atoms. The van der Waals surface area contributed by atoms with E-state index in [2.05, 4.69) is 11.1 Å². The third-order valence-corrected chi connectivity index (χ3v) is 4.80. The lowest BCUT2D eigenvalue weighted by Crippen LogP contribution is -2.28. The Bertz CT molecular complexity index is 795. The summed E-state index contributed by atoms with van der Waals surface area (Å²) in [5.74, 6) is -0.288. The van der Waals surface area contributed by atoms with Gasteiger partial charge in [0.1, 0.15) is 11.7 Å². The van der Waals surface area contributed by atoms with Gasteiger partial charge in [-0.25, -0.2) is 4.57 Å². The average Bonchev–Trinajstić information content (AvgIpc) is 3.15. The van der Waals surface area contributed by atoms with Gasteiger partial charge in [0.2, 0.25) is 11.8 Å². The molecule has 9 nitrogen and oxygen atoms in total. The molecule has 0 aliphatic carbocycles. The minimum atomic E-state index is -4.54. The van der Waals surface area contributed by atoms with Gasteiger partial charge in [-0.1, -0.05) is 18.2 Å². The topological polar surface area (TPSA) is 131 Å². The molecule has 1 aromatic heterocycles. The highest BCUT2D eigenvalue weighted by Crippen LogP contribution is 2.58. The van der Waals surface area contributed by atoms with Crippen LogP contribution in [0.4, 0.5) is 0 Å². The van der Waals surface area contributed by atoms with Gasteiger partial charge in [-0.15, -0.1) is 0 Å². The van der Waals surface area contributed by atoms with Gasteiger partial charge in [-0.2, -0.15) is 0 Å². The van der Waals surface area contributed by atoms with Crippen LogP contribution in [0.3, 0.4) is 0 Å². The molecule has 2 aliphatic heterocycles. The zero-order chi connectivity index (χ0) is 19.1. The number of nitrogens with zero attached hydrogens (tertiary/aromatic N) is 1. The summed E-state index contributed by atoms with van der Waals surface area (Å²) in [7, 11) is -4.54. The Labute approximate surface area is 150 Å². The molecule has 2 bridgehead atoms. The first-order valence-electron chi connectivity index (χ1n) is 8.09. The lowest BCUT2D eigenvalue weighted by atomic mass is 9.90. The minimum absolute atomic E-state index is 0.125. The summed E-state index contributed by atoms with van der Waals surface area (Å²) in [6, 6.07) is 0. The number of phosphoric acid groups is 1. The SMILES string of the molecule is C=C(C)COCC12C=CC(O1)c1c2c(O)n(CCCOP(=O)(O)O)c1O. The van der Waals surface area contributed by atoms with Crippen LogP contribution in [0.15, 0.2) is 24.3 Å². The van der Waals surface area contributed by atoms with Crippen LogP contribution in [0.5, 0.6) is 11.8 Å². The molecule has 0 fully saturated rings. The third-order valence-electron chi connectivity index (χ3n) is 4.28. The van der Waals surface area contributed by atoms with Crippen molar-refractivity contribution in [3.63, 3.8) is 0 Å². The van der Waals surface area contributed by atoms with Crippen molar-refractivity contribution in [1.29, 1.82) is 0 Å². The van der Waals surface area contributed by atoms with Crippen LogP contribution in [-0.4, -0.2) is 44.4 Å². The Morgan fingerprint density at radius 2 is 2.15 bits per heavy atom. The molecule has 3 heterocycles. The van der Waals surface area contributed by atoms with E-state index in [1.54, 1.807) is 12.2 Å². The normalized spacial score (nSPS) is 23.6. The number of fused-ring (bicyclic) bond motifs is 5. The van der Waals surface area contributed by atoms with Gasteiger partial charge >= 0.3 is 7.82 Å². The largest absolute Gasteiger partial charge is 0.494 e. The van der Waals surface area contributed by atoms with Gasteiger partial charge in [0.25, 0.3) is 0 Å². The average molecular weight is 387 g/mol. The van der Waals surface area contributed by atoms with Crippen LogP contribution in [0, 0.1) is 0 Å². The minimum Gasteiger partial charge on any atom is -0.494 e. The summed E-state index contributed by atoms with van der Waals surface area (Å²) in [5, 5.41) is 21.1. The molecule has 1 aromatic rings. The molecular weight excluding hydrogens is 365 g/mol. The highest BCUT2D eigenvalue weighted by Gasteiger charge is 2.53. The van der Waals surface area contributed by atoms with Crippen LogP contribution in [0.1, 0.15) is 30.6 Å². The predicted octanol–water partition coefficient (Wildman–Crippen LogP) is 1.83. The quantitative estimate of drug-likeness (QED) is 0.287. The van der Waals surface area contributed by atoms with Crippen molar-refractivity contribution in [3.05, 3.63) is 35.4 Å². The van der Waals surface area contributed by atoms with E-state index in [4.69, 9.17) is 19.3 Å². The molecule has 0 saturated heterocycles. The van der Waals surface area contributed by atoms with Crippen molar-refractivity contribution in [2.45, 2.75) is 31.6 Å². The van der Waals surface area contributed by atoms with Gasteiger partial charge in [-0.3, -0.25) is 9.09 Å². The van der Waals surface area contributed by atoms with E-state index in [1.165, 1.54) is 4.57 Å². The first-order valence-corrected chi connectivity index (χ1v) is 9.62. The number of ether oxygens (including phenoxy) is 2. The number of phosphoric ester groups is 1. The lowest BCUT2D eigenvalue weighted by molar-refractivity contribution is -0.0604. The monoisotopic (exact) mass is 387 g/mol. The molecule has 0 aromatic carbocycles. The fourth-order valence-corrected chi connectivity index (χ4v) is 3.66. The van der Waals surface area contributed by atoms with E-state index in [9.17, 15) is 14.8 Å². The molecular formula is C16H22NO8P. The summed E-state index contributed by atoms with van der Waals surface area (Å²) in [4.78, 5) is 17.4. The number of aromatic nitrogens is 1. The van der Waals surface area contributed by atoms with Gasteiger partial charge in [-0.05, 0) is 19.4 Å². The zero-order valence-electron chi connectivity index (χ0n) is 14.3.